The number of carbonyl (C=O) groups is 1. The summed E-state index contributed by atoms with van der Waals surface area (Å²) in [4.78, 5) is 18.0. The third kappa shape index (κ3) is 3.27. The summed E-state index contributed by atoms with van der Waals surface area (Å²) in [7, 11) is 0. The first-order valence-electron chi connectivity index (χ1n) is 7.51. The number of rotatable bonds is 4. The van der Waals surface area contributed by atoms with Crippen LogP contribution in [0.25, 0.3) is 10.9 Å². The van der Waals surface area contributed by atoms with Gasteiger partial charge in [0.15, 0.2) is 0 Å². The van der Waals surface area contributed by atoms with Crippen molar-refractivity contribution in [1.29, 1.82) is 0 Å². The minimum absolute atomic E-state index is 0.0423. The van der Waals surface area contributed by atoms with Crippen LogP contribution in [-0.2, 0) is 4.74 Å². The zero-order valence-corrected chi connectivity index (χ0v) is 13.4. The van der Waals surface area contributed by atoms with E-state index < -0.39 is 0 Å². The number of aromatic nitrogens is 1. The molecule has 0 spiro atoms. The molecule has 1 aliphatic rings. The van der Waals surface area contributed by atoms with Gasteiger partial charge in [-0.25, -0.2) is 0 Å². The summed E-state index contributed by atoms with van der Waals surface area (Å²) in [6.45, 7) is 6.80. The van der Waals surface area contributed by atoms with Gasteiger partial charge in [-0.2, -0.15) is 0 Å². The van der Waals surface area contributed by atoms with Crippen LogP contribution in [0.3, 0.4) is 0 Å². The Morgan fingerprint density at radius 1 is 1.41 bits per heavy atom. The first-order chi connectivity index (χ1) is 10.6. The van der Waals surface area contributed by atoms with Crippen molar-refractivity contribution in [3.8, 4) is 0 Å². The van der Waals surface area contributed by atoms with Crippen LogP contribution in [0, 0.1) is 6.92 Å². The van der Waals surface area contributed by atoms with Gasteiger partial charge < -0.3 is 15.0 Å². The molecule has 0 atom stereocenters. The van der Waals surface area contributed by atoms with Crippen LogP contribution in [0.2, 0.25) is 5.02 Å². The Morgan fingerprint density at radius 2 is 2.18 bits per heavy atom. The lowest BCUT2D eigenvalue weighted by Crippen LogP contribution is -2.41. The molecule has 1 amide bonds. The average Bonchev–Trinajstić information content (AvgIpc) is 2.83. The minimum Gasteiger partial charge on any atom is -0.379 e. The number of aromatic amines is 1. The Kier molecular flexibility index (Phi) is 4.66. The number of halogens is 1. The maximum absolute atomic E-state index is 12.5. The van der Waals surface area contributed by atoms with E-state index in [0.717, 1.165) is 49.4 Å². The number of carbonyl (C=O) groups excluding carboxylic acids is 1. The SMILES string of the molecule is Cc1[nH]c2cc(Cl)ccc2c1C(=O)NCCN1CCOCC1. The molecule has 1 aromatic carbocycles. The highest BCUT2D eigenvalue weighted by atomic mass is 35.5. The van der Waals surface area contributed by atoms with Crippen molar-refractivity contribution in [2.45, 2.75) is 6.92 Å². The third-order valence-electron chi connectivity index (χ3n) is 3.99. The fourth-order valence-corrected chi connectivity index (χ4v) is 3.01. The maximum Gasteiger partial charge on any atom is 0.253 e. The molecule has 1 aromatic heterocycles. The predicted octanol–water partition coefficient (Wildman–Crippen LogP) is 2.19. The largest absolute Gasteiger partial charge is 0.379 e. The molecule has 1 saturated heterocycles. The van der Waals surface area contributed by atoms with E-state index in [0.29, 0.717) is 17.1 Å². The number of amides is 1. The molecule has 0 radical (unpaired) electrons. The molecule has 2 N–H and O–H groups in total. The molecule has 1 fully saturated rings. The van der Waals surface area contributed by atoms with Crippen LogP contribution in [-0.4, -0.2) is 55.2 Å². The maximum atomic E-state index is 12.5. The second-order valence-corrected chi connectivity index (χ2v) is 5.96. The standard InChI is InChI=1S/C16H20ClN3O2/c1-11-15(13-3-2-12(17)10-14(13)19-11)16(21)18-4-5-20-6-8-22-9-7-20/h2-3,10,19H,4-9H2,1H3,(H,18,21). The second-order valence-electron chi connectivity index (χ2n) is 5.52. The molecule has 1 aliphatic heterocycles. The first kappa shape index (κ1) is 15.3. The van der Waals surface area contributed by atoms with Crippen molar-refractivity contribution < 1.29 is 9.53 Å². The normalized spacial score (nSPS) is 16.1. The summed E-state index contributed by atoms with van der Waals surface area (Å²) in [6.07, 6.45) is 0. The molecule has 2 heterocycles. The highest BCUT2D eigenvalue weighted by Crippen LogP contribution is 2.24. The molecule has 2 aromatic rings. The smallest absolute Gasteiger partial charge is 0.253 e. The molecule has 0 bridgehead atoms. The highest BCUT2D eigenvalue weighted by molar-refractivity contribution is 6.31. The number of fused-ring (bicyclic) bond motifs is 1. The quantitative estimate of drug-likeness (QED) is 0.907. The number of hydrogen-bond acceptors (Lipinski definition) is 3. The summed E-state index contributed by atoms with van der Waals surface area (Å²) < 4.78 is 5.32. The number of aryl methyl sites for hydroxylation is 1. The van der Waals surface area contributed by atoms with Gasteiger partial charge in [0.2, 0.25) is 0 Å². The Bertz CT molecular complexity index is 677. The van der Waals surface area contributed by atoms with E-state index >= 15 is 0 Å². The summed E-state index contributed by atoms with van der Waals surface area (Å²) >= 11 is 5.99. The zero-order valence-electron chi connectivity index (χ0n) is 12.6. The Labute approximate surface area is 134 Å². The molecule has 5 nitrogen and oxygen atoms in total. The first-order valence-corrected chi connectivity index (χ1v) is 7.89. The fraction of sp³-hybridized carbons (Fsp3) is 0.438. The van der Waals surface area contributed by atoms with E-state index in [-0.39, 0.29) is 5.91 Å². The number of morpholine rings is 1. The van der Waals surface area contributed by atoms with Crippen molar-refractivity contribution in [2.75, 3.05) is 39.4 Å². The summed E-state index contributed by atoms with van der Waals surface area (Å²) in [5, 5.41) is 4.57. The molecule has 0 aliphatic carbocycles. The number of hydrogen-bond donors (Lipinski definition) is 2. The number of nitrogens with zero attached hydrogens (tertiary/aromatic N) is 1. The lowest BCUT2D eigenvalue weighted by Gasteiger charge is -2.26. The van der Waals surface area contributed by atoms with E-state index in [1.807, 2.05) is 25.1 Å². The van der Waals surface area contributed by atoms with Crippen LogP contribution >= 0.6 is 11.6 Å². The van der Waals surface area contributed by atoms with Crippen molar-refractivity contribution in [2.24, 2.45) is 0 Å². The molecule has 0 saturated carbocycles. The third-order valence-corrected chi connectivity index (χ3v) is 4.23. The number of nitrogens with one attached hydrogen (secondary N) is 2. The van der Waals surface area contributed by atoms with Crippen molar-refractivity contribution in [3.63, 3.8) is 0 Å². The van der Waals surface area contributed by atoms with Crippen molar-refractivity contribution in [1.82, 2.24) is 15.2 Å². The average molecular weight is 322 g/mol. The Balaban J connectivity index is 1.65. The monoisotopic (exact) mass is 321 g/mol. The lowest BCUT2D eigenvalue weighted by atomic mass is 10.1. The molecule has 22 heavy (non-hydrogen) atoms. The molecule has 3 rings (SSSR count). The van der Waals surface area contributed by atoms with E-state index in [9.17, 15) is 4.79 Å². The number of benzene rings is 1. The van der Waals surface area contributed by atoms with Crippen molar-refractivity contribution in [3.05, 3.63) is 34.5 Å². The van der Waals surface area contributed by atoms with Gasteiger partial charge in [0.05, 0.1) is 18.8 Å². The Morgan fingerprint density at radius 3 is 2.95 bits per heavy atom. The predicted molar refractivity (Wildman–Crippen MR) is 87.6 cm³/mol. The number of H-pyrrole nitrogens is 1. The van der Waals surface area contributed by atoms with Gasteiger partial charge in [0, 0.05) is 47.8 Å². The highest BCUT2D eigenvalue weighted by Gasteiger charge is 2.16. The van der Waals surface area contributed by atoms with E-state index in [2.05, 4.69) is 15.2 Å². The summed E-state index contributed by atoms with van der Waals surface area (Å²) in [6, 6.07) is 5.54. The molecular weight excluding hydrogens is 302 g/mol. The fourth-order valence-electron chi connectivity index (χ4n) is 2.84. The summed E-state index contributed by atoms with van der Waals surface area (Å²) in [5.41, 5.74) is 2.46. The Hall–Kier alpha value is -1.56. The van der Waals surface area contributed by atoms with E-state index in [1.165, 1.54) is 0 Å². The van der Waals surface area contributed by atoms with Crippen LogP contribution in [0.4, 0.5) is 0 Å². The molecule has 6 heteroatoms. The van der Waals surface area contributed by atoms with Gasteiger partial charge in [-0.3, -0.25) is 9.69 Å². The van der Waals surface area contributed by atoms with Gasteiger partial charge in [-0.05, 0) is 19.1 Å². The summed E-state index contributed by atoms with van der Waals surface area (Å²) in [5.74, 6) is -0.0423. The van der Waals surface area contributed by atoms with Crippen LogP contribution < -0.4 is 5.32 Å². The van der Waals surface area contributed by atoms with Gasteiger partial charge in [-0.15, -0.1) is 0 Å². The van der Waals surface area contributed by atoms with E-state index in [4.69, 9.17) is 16.3 Å². The molecule has 118 valence electrons. The van der Waals surface area contributed by atoms with Gasteiger partial charge in [-0.1, -0.05) is 17.7 Å². The zero-order chi connectivity index (χ0) is 15.5. The molecular formula is C16H20ClN3O2. The van der Waals surface area contributed by atoms with Crippen molar-refractivity contribution >= 4 is 28.4 Å². The van der Waals surface area contributed by atoms with Gasteiger partial charge in [0.25, 0.3) is 5.91 Å². The lowest BCUT2D eigenvalue weighted by molar-refractivity contribution is 0.0383. The number of ether oxygens (including phenoxy) is 1. The van der Waals surface area contributed by atoms with Crippen LogP contribution in [0.1, 0.15) is 16.1 Å². The topological polar surface area (TPSA) is 57.4 Å². The van der Waals surface area contributed by atoms with Crippen LogP contribution in [0.5, 0.6) is 0 Å². The van der Waals surface area contributed by atoms with Gasteiger partial charge >= 0.3 is 0 Å². The molecule has 0 unspecified atom stereocenters. The minimum atomic E-state index is -0.0423. The van der Waals surface area contributed by atoms with Gasteiger partial charge in [0.1, 0.15) is 0 Å². The van der Waals surface area contributed by atoms with Crippen LogP contribution in [0.15, 0.2) is 18.2 Å². The van der Waals surface area contributed by atoms with E-state index in [1.54, 1.807) is 0 Å². The second kappa shape index (κ2) is 6.69.